The molecule has 2 nitrogen and oxygen atoms in total. The number of hydrogen-bond acceptors (Lipinski definition) is 2. The van der Waals surface area contributed by atoms with Gasteiger partial charge in [-0.25, -0.2) is 0 Å². The van der Waals surface area contributed by atoms with E-state index in [1.807, 2.05) is 56.3 Å². The smallest absolute Gasteiger partial charge is 0.256 e. The van der Waals surface area contributed by atoms with Gasteiger partial charge in [0.05, 0.1) is 5.56 Å². The van der Waals surface area contributed by atoms with Gasteiger partial charge in [-0.05, 0) is 48.9 Å². The fraction of sp³-hybridized carbons (Fsp3) is 0.235. The summed E-state index contributed by atoms with van der Waals surface area (Å²) in [6.07, 6.45) is 0. The molecule has 2 aromatic carbocycles. The Morgan fingerprint density at radius 3 is 2.65 bits per heavy atom. The molecule has 104 valence electrons. The first-order chi connectivity index (χ1) is 9.61. The van der Waals surface area contributed by atoms with Gasteiger partial charge in [0.2, 0.25) is 0 Å². The molecule has 0 bridgehead atoms. The molecule has 0 aliphatic rings. The Balaban J connectivity index is 2.26. The van der Waals surface area contributed by atoms with Crippen molar-refractivity contribution >= 4 is 23.4 Å². The monoisotopic (exact) mass is 285 g/mol. The van der Waals surface area contributed by atoms with E-state index < -0.39 is 0 Å². The molecule has 0 unspecified atom stereocenters. The minimum absolute atomic E-state index is 0.0461. The highest BCUT2D eigenvalue weighted by Gasteiger charge is 2.12. The van der Waals surface area contributed by atoms with Gasteiger partial charge in [-0.2, -0.15) is 0 Å². The molecule has 0 fully saturated rings. The fourth-order valence-electron chi connectivity index (χ4n) is 2.00. The van der Waals surface area contributed by atoms with Gasteiger partial charge in [0.15, 0.2) is 0 Å². The van der Waals surface area contributed by atoms with Crippen molar-refractivity contribution in [3.05, 3.63) is 59.2 Å². The van der Waals surface area contributed by atoms with E-state index >= 15 is 0 Å². The lowest BCUT2D eigenvalue weighted by molar-refractivity contribution is 0.102. The van der Waals surface area contributed by atoms with Crippen LogP contribution in [0, 0.1) is 13.8 Å². The van der Waals surface area contributed by atoms with Gasteiger partial charge in [-0.15, -0.1) is 11.8 Å². The van der Waals surface area contributed by atoms with Crippen LogP contribution < -0.4 is 5.32 Å². The van der Waals surface area contributed by atoms with E-state index in [0.29, 0.717) is 0 Å². The third kappa shape index (κ3) is 3.42. The van der Waals surface area contributed by atoms with E-state index in [9.17, 15) is 4.79 Å². The van der Waals surface area contributed by atoms with Crippen LogP contribution in [-0.2, 0) is 0 Å². The van der Waals surface area contributed by atoms with E-state index in [0.717, 1.165) is 33.0 Å². The van der Waals surface area contributed by atoms with Crippen molar-refractivity contribution in [2.45, 2.75) is 25.7 Å². The zero-order chi connectivity index (χ0) is 14.5. The maximum atomic E-state index is 12.4. The summed E-state index contributed by atoms with van der Waals surface area (Å²) < 4.78 is 0. The molecule has 20 heavy (non-hydrogen) atoms. The first-order valence-corrected chi connectivity index (χ1v) is 7.71. The van der Waals surface area contributed by atoms with Gasteiger partial charge >= 0.3 is 0 Å². The van der Waals surface area contributed by atoms with Crippen molar-refractivity contribution in [2.75, 3.05) is 11.1 Å². The molecule has 0 radical (unpaired) electrons. The Kier molecular flexibility index (Phi) is 4.85. The predicted molar refractivity (Wildman–Crippen MR) is 86.7 cm³/mol. The molecule has 0 heterocycles. The van der Waals surface area contributed by atoms with Crippen molar-refractivity contribution in [2.24, 2.45) is 0 Å². The average molecular weight is 285 g/mol. The number of anilines is 1. The largest absolute Gasteiger partial charge is 0.322 e. The molecule has 0 aliphatic heterocycles. The number of benzene rings is 2. The summed E-state index contributed by atoms with van der Waals surface area (Å²) in [6.45, 7) is 6.11. The Morgan fingerprint density at radius 1 is 1.15 bits per heavy atom. The Labute approximate surface area is 124 Å². The first kappa shape index (κ1) is 14.7. The molecule has 0 spiro atoms. The Hall–Kier alpha value is -1.74. The van der Waals surface area contributed by atoms with Gasteiger partial charge < -0.3 is 5.32 Å². The zero-order valence-corrected chi connectivity index (χ0v) is 12.9. The average Bonchev–Trinajstić information content (AvgIpc) is 2.44. The maximum Gasteiger partial charge on any atom is 0.256 e. The van der Waals surface area contributed by atoms with Crippen LogP contribution in [0.15, 0.2) is 47.4 Å². The summed E-state index contributed by atoms with van der Waals surface area (Å²) in [5, 5.41) is 3.01. The molecule has 2 aromatic rings. The van der Waals surface area contributed by atoms with Crippen molar-refractivity contribution in [1.82, 2.24) is 0 Å². The molecule has 1 N–H and O–H groups in total. The van der Waals surface area contributed by atoms with E-state index in [1.54, 1.807) is 11.8 Å². The highest BCUT2D eigenvalue weighted by Crippen LogP contribution is 2.24. The topological polar surface area (TPSA) is 29.1 Å². The van der Waals surface area contributed by atoms with Gasteiger partial charge in [-0.1, -0.05) is 31.2 Å². The van der Waals surface area contributed by atoms with Crippen molar-refractivity contribution < 1.29 is 4.79 Å². The van der Waals surface area contributed by atoms with Crippen LogP contribution in [0.4, 0.5) is 5.69 Å². The van der Waals surface area contributed by atoms with E-state index in [-0.39, 0.29) is 5.91 Å². The summed E-state index contributed by atoms with van der Waals surface area (Å²) >= 11 is 1.69. The standard InChI is InChI=1S/C17H19NOS/c1-4-20-16-8-6-5-7-14(16)17(19)18-15-11-12(2)9-10-13(15)3/h5-11H,4H2,1-3H3,(H,18,19). The molecule has 0 aliphatic carbocycles. The molecular formula is C17H19NOS. The SMILES string of the molecule is CCSc1ccccc1C(=O)Nc1cc(C)ccc1C. The van der Waals surface area contributed by atoms with Crippen molar-refractivity contribution in [3.8, 4) is 0 Å². The lowest BCUT2D eigenvalue weighted by atomic mass is 10.1. The maximum absolute atomic E-state index is 12.4. The van der Waals surface area contributed by atoms with Crippen LogP contribution in [0.1, 0.15) is 28.4 Å². The van der Waals surface area contributed by atoms with Gasteiger partial charge in [0.1, 0.15) is 0 Å². The number of amides is 1. The Morgan fingerprint density at radius 2 is 1.90 bits per heavy atom. The summed E-state index contributed by atoms with van der Waals surface area (Å²) in [5.41, 5.74) is 3.83. The lowest BCUT2D eigenvalue weighted by Gasteiger charge is -2.11. The van der Waals surface area contributed by atoms with Crippen LogP contribution in [0.25, 0.3) is 0 Å². The number of carbonyl (C=O) groups excluding carboxylic acids is 1. The summed E-state index contributed by atoms with van der Waals surface area (Å²) in [4.78, 5) is 13.5. The summed E-state index contributed by atoms with van der Waals surface area (Å²) in [5.74, 6) is 0.906. The lowest BCUT2D eigenvalue weighted by Crippen LogP contribution is -2.14. The summed E-state index contributed by atoms with van der Waals surface area (Å²) in [6, 6.07) is 13.8. The minimum Gasteiger partial charge on any atom is -0.322 e. The summed E-state index contributed by atoms with van der Waals surface area (Å²) in [7, 11) is 0. The second-order valence-electron chi connectivity index (χ2n) is 4.70. The number of nitrogens with one attached hydrogen (secondary N) is 1. The van der Waals surface area contributed by atoms with E-state index in [2.05, 4.69) is 12.2 Å². The van der Waals surface area contributed by atoms with Crippen LogP contribution in [-0.4, -0.2) is 11.7 Å². The second-order valence-corrected chi connectivity index (χ2v) is 6.01. The fourth-order valence-corrected chi connectivity index (χ4v) is 2.80. The second kappa shape index (κ2) is 6.62. The zero-order valence-electron chi connectivity index (χ0n) is 12.1. The van der Waals surface area contributed by atoms with Crippen LogP contribution >= 0.6 is 11.8 Å². The number of thioether (sulfide) groups is 1. The first-order valence-electron chi connectivity index (χ1n) is 6.72. The highest BCUT2D eigenvalue weighted by molar-refractivity contribution is 7.99. The van der Waals surface area contributed by atoms with E-state index in [4.69, 9.17) is 0 Å². The van der Waals surface area contributed by atoms with Crippen molar-refractivity contribution in [1.29, 1.82) is 0 Å². The normalized spacial score (nSPS) is 10.3. The Bertz CT molecular complexity index is 622. The van der Waals surface area contributed by atoms with E-state index in [1.165, 1.54) is 0 Å². The molecule has 0 saturated carbocycles. The number of rotatable bonds is 4. The predicted octanol–water partition coefficient (Wildman–Crippen LogP) is 4.67. The minimum atomic E-state index is -0.0461. The van der Waals surface area contributed by atoms with Gasteiger partial charge in [0, 0.05) is 10.6 Å². The van der Waals surface area contributed by atoms with Crippen LogP contribution in [0.5, 0.6) is 0 Å². The highest BCUT2D eigenvalue weighted by atomic mass is 32.2. The number of hydrogen-bond donors (Lipinski definition) is 1. The van der Waals surface area contributed by atoms with Gasteiger partial charge in [-0.3, -0.25) is 4.79 Å². The molecule has 1 amide bonds. The molecule has 2 rings (SSSR count). The quantitative estimate of drug-likeness (QED) is 0.827. The molecule has 0 saturated heterocycles. The third-order valence-electron chi connectivity index (χ3n) is 3.07. The number of carbonyl (C=O) groups is 1. The third-order valence-corrected chi connectivity index (χ3v) is 4.03. The molecule has 0 atom stereocenters. The van der Waals surface area contributed by atoms with Crippen LogP contribution in [0.2, 0.25) is 0 Å². The molecular weight excluding hydrogens is 266 g/mol. The van der Waals surface area contributed by atoms with Crippen LogP contribution in [0.3, 0.4) is 0 Å². The molecule has 3 heteroatoms. The van der Waals surface area contributed by atoms with Gasteiger partial charge in [0.25, 0.3) is 5.91 Å². The van der Waals surface area contributed by atoms with Crippen molar-refractivity contribution in [3.63, 3.8) is 0 Å². The molecule has 0 aromatic heterocycles. The number of aryl methyl sites for hydroxylation is 2.